The molecule has 3 unspecified atom stereocenters. The van der Waals surface area contributed by atoms with Crippen molar-refractivity contribution in [3.8, 4) is 0 Å². The topological polar surface area (TPSA) is 12.0 Å². The van der Waals surface area contributed by atoms with Crippen LogP contribution < -0.4 is 5.32 Å². The van der Waals surface area contributed by atoms with E-state index in [1.807, 2.05) is 0 Å². The molecule has 3 atom stereocenters. The normalized spacial score (nSPS) is 30.7. The summed E-state index contributed by atoms with van der Waals surface area (Å²) in [5, 5.41) is 3.68. The highest BCUT2D eigenvalue weighted by Crippen LogP contribution is 2.38. The van der Waals surface area contributed by atoms with Crippen LogP contribution in [-0.4, -0.2) is 13.1 Å². The molecule has 18 heavy (non-hydrogen) atoms. The summed E-state index contributed by atoms with van der Waals surface area (Å²) in [4.78, 5) is 0. The molecule has 0 spiro atoms. The van der Waals surface area contributed by atoms with E-state index >= 15 is 0 Å². The number of rotatable bonds is 7. The third kappa shape index (κ3) is 4.57. The first kappa shape index (κ1) is 16.0. The average molecular weight is 253 g/mol. The third-order valence-electron chi connectivity index (χ3n) is 4.88. The Balaban J connectivity index is 2.66. The van der Waals surface area contributed by atoms with E-state index in [0.717, 1.165) is 29.7 Å². The van der Waals surface area contributed by atoms with Crippen LogP contribution in [0.4, 0.5) is 0 Å². The molecular formula is C17H35N. The van der Waals surface area contributed by atoms with Crippen LogP contribution in [0.5, 0.6) is 0 Å². The molecule has 1 aliphatic carbocycles. The fourth-order valence-electron chi connectivity index (χ4n) is 4.40. The zero-order chi connectivity index (χ0) is 13.5. The summed E-state index contributed by atoms with van der Waals surface area (Å²) < 4.78 is 0. The Kier molecular flexibility index (Phi) is 7.29. The quantitative estimate of drug-likeness (QED) is 0.683. The van der Waals surface area contributed by atoms with Gasteiger partial charge in [-0.1, -0.05) is 40.5 Å². The van der Waals surface area contributed by atoms with Crippen molar-refractivity contribution >= 4 is 0 Å². The summed E-state index contributed by atoms with van der Waals surface area (Å²) in [5.74, 6) is 3.67. The molecule has 1 aliphatic rings. The van der Waals surface area contributed by atoms with Gasteiger partial charge in [-0.05, 0) is 62.8 Å². The molecule has 1 saturated carbocycles. The predicted octanol–water partition coefficient (Wildman–Crippen LogP) is 4.86. The second-order valence-corrected chi connectivity index (χ2v) is 6.83. The lowest BCUT2D eigenvalue weighted by Crippen LogP contribution is -2.43. The van der Waals surface area contributed by atoms with E-state index < -0.39 is 0 Å². The van der Waals surface area contributed by atoms with Gasteiger partial charge in [-0.15, -0.1) is 0 Å². The van der Waals surface area contributed by atoms with Crippen molar-refractivity contribution in [1.29, 1.82) is 0 Å². The summed E-state index contributed by atoms with van der Waals surface area (Å²) in [6, 6.07) is 0.759. The largest absolute Gasteiger partial charge is 0.316 e. The molecule has 0 bridgehead atoms. The number of hydrogen-bond donors (Lipinski definition) is 1. The third-order valence-corrected chi connectivity index (χ3v) is 4.88. The van der Waals surface area contributed by atoms with Gasteiger partial charge in [-0.3, -0.25) is 0 Å². The molecule has 1 nitrogen and oxygen atoms in total. The summed E-state index contributed by atoms with van der Waals surface area (Å²) in [6.07, 6.45) is 9.80. The molecule has 0 aliphatic heterocycles. The highest BCUT2D eigenvalue weighted by Gasteiger charge is 2.32. The van der Waals surface area contributed by atoms with Crippen LogP contribution in [0, 0.1) is 23.7 Å². The van der Waals surface area contributed by atoms with Gasteiger partial charge in [0.25, 0.3) is 0 Å². The van der Waals surface area contributed by atoms with Crippen LogP contribution in [-0.2, 0) is 0 Å². The fourth-order valence-corrected chi connectivity index (χ4v) is 4.40. The van der Waals surface area contributed by atoms with Gasteiger partial charge in [0, 0.05) is 6.04 Å². The Labute approximate surface area is 115 Å². The molecular weight excluding hydrogens is 218 g/mol. The van der Waals surface area contributed by atoms with Crippen molar-refractivity contribution in [2.45, 2.75) is 78.7 Å². The first-order valence-corrected chi connectivity index (χ1v) is 8.29. The summed E-state index contributed by atoms with van der Waals surface area (Å²) >= 11 is 0. The lowest BCUT2D eigenvalue weighted by Gasteiger charge is -2.40. The predicted molar refractivity (Wildman–Crippen MR) is 81.8 cm³/mol. The van der Waals surface area contributed by atoms with Crippen LogP contribution >= 0.6 is 0 Å². The van der Waals surface area contributed by atoms with Crippen molar-refractivity contribution in [1.82, 2.24) is 5.32 Å². The molecule has 0 aromatic heterocycles. The Morgan fingerprint density at radius 3 is 1.83 bits per heavy atom. The van der Waals surface area contributed by atoms with Crippen molar-refractivity contribution in [2.24, 2.45) is 23.7 Å². The SMILES string of the molecule is CCCC(CCC)C(NC)C1CC(C)CC(C)C1. The van der Waals surface area contributed by atoms with Gasteiger partial charge in [0.1, 0.15) is 0 Å². The first-order valence-electron chi connectivity index (χ1n) is 8.29. The van der Waals surface area contributed by atoms with Crippen LogP contribution in [0.25, 0.3) is 0 Å². The van der Waals surface area contributed by atoms with Gasteiger partial charge < -0.3 is 5.32 Å². The standard InChI is InChI=1S/C17H35N/c1-6-8-15(9-7-2)17(18-5)16-11-13(3)10-14(4)12-16/h13-18H,6-12H2,1-5H3. The molecule has 0 aromatic rings. The van der Waals surface area contributed by atoms with E-state index in [9.17, 15) is 0 Å². The van der Waals surface area contributed by atoms with E-state index in [2.05, 4.69) is 40.1 Å². The molecule has 1 N–H and O–H groups in total. The second-order valence-electron chi connectivity index (χ2n) is 6.83. The van der Waals surface area contributed by atoms with Gasteiger partial charge in [0.2, 0.25) is 0 Å². The van der Waals surface area contributed by atoms with Crippen LogP contribution in [0.15, 0.2) is 0 Å². The Bertz CT molecular complexity index is 198. The summed E-state index contributed by atoms with van der Waals surface area (Å²) in [6.45, 7) is 9.57. The van der Waals surface area contributed by atoms with E-state index in [-0.39, 0.29) is 0 Å². The minimum Gasteiger partial charge on any atom is -0.316 e. The molecule has 0 heterocycles. The Morgan fingerprint density at radius 2 is 1.44 bits per heavy atom. The molecule has 0 radical (unpaired) electrons. The second kappa shape index (κ2) is 8.19. The minimum absolute atomic E-state index is 0.759. The van der Waals surface area contributed by atoms with E-state index in [1.165, 1.54) is 44.9 Å². The first-order chi connectivity index (χ1) is 8.62. The van der Waals surface area contributed by atoms with Gasteiger partial charge in [0.15, 0.2) is 0 Å². The maximum Gasteiger partial charge on any atom is 0.0121 e. The van der Waals surface area contributed by atoms with Crippen molar-refractivity contribution < 1.29 is 0 Å². The maximum absolute atomic E-state index is 3.68. The lowest BCUT2D eigenvalue weighted by molar-refractivity contribution is 0.139. The zero-order valence-corrected chi connectivity index (χ0v) is 13.3. The number of hydrogen-bond acceptors (Lipinski definition) is 1. The monoisotopic (exact) mass is 253 g/mol. The van der Waals surface area contributed by atoms with E-state index in [1.54, 1.807) is 0 Å². The zero-order valence-electron chi connectivity index (χ0n) is 13.3. The molecule has 1 fully saturated rings. The summed E-state index contributed by atoms with van der Waals surface area (Å²) in [5.41, 5.74) is 0. The fraction of sp³-hybridized carbons (Fsp3) is 1.00. The van der Waals surface area contributed by atoms with E-state index in [4.69, 9.17) is 0 Å². The minimum atomic E-state index is 0.759. The highest BCUT2D eigenvalue weighted by atomic mass is 14.9. The number of nitrogens with one attached hydrogen (secondary N) is 1. The summed E-state index contributed by atoms with van der Waals surface area (Å²) in [7, 11) is 2.19. The van der Waals surface area contributed by atoms with Gasteiger partial charge in [-0.2, -0.15) is 0 Å². The van der Waals surface area contributed by atoms with Gasteiger partial charge in [0.05, 0.1) is 0 Å². The lowest BCUT2D eigenvalue weighted by atomic mass is 9.70. The molecule has 1 rings (SSSR count). The Hall–Kier alpha value is -0.0400. The highest BCUT2D eigenvalue weighted by molar-refractivity contribution is 4.87. The molecule has 108 valence electrons. The molecule has 0 saturated heterocycles. The van der Waals surface area contributed by atoms with Crippen LogP contribution in [0.1, 0.15) is 72.6 Å². The average Bonchev–Trinajstić information content (AvgIpc) is 2.29. The van der Waals surface area contributed by atoms with Crippen molar-refractivity contribution in [2.75, 3.05) is 7.05 Å². The van der Waals surface area contributed by atoms with E-state index in [0.29, 0.717) is 0 Å². The smallest absolute Gasteiger partial charge is 0.0121 e. The molecule has 1 heteroatoms. The van der Waals surface area contributed by atoms with Gasteiger partial charge >= 0.3 is 0 Å². The Morgan fingerprint density at radius 1 is 0.944 bits per heavy atom. The van der Waals surface area contributed by atoms with Gasteiger partial charge in [-0.25, -0.2) is 0 Å². The molecule has 0 amide bonds. The molecule has 0 aromatic carbocycles. The van der Waals surface area contributed by atoms with Crippen molar-refractivity contribution in [3.63, 3.8) is 0 Å². The van der Waals surface area contributed by atoms with Crippen molar-refractivity contribution in [3.05, 3.63) is 0 Å². The van der Waals surface area contributed by atoms with Crippen LogP contribution in [0.2, 0.25) is 0 Å². The maximum atomic E-state index is 3.68. The van der Waals surface area contributed by atoms with Crippen LogP contribution in [0.3, 0.4) is 0 Å².